The molecule has 10 heteroatoms. The summed E-state index contributed by atoms with van der Waals surface area (Å²) >= 11 is 1.09. The van der Waals surface area contributed by atoms with Crippen LogP contribution >= 0.6 is 11.3 Å². The Hall–Kier alpha value is -2.62. The van der Waals surface area contributed by atoms with Gasteiger partial charge in [-0.05, 0) is 24.6 Å². The van der Waals surface area contributed by atoms with Gasteiger partial charge in [0, 0.05) is 12.5 Å². The molecular weight excluding hydrogens is 360 g/mol. The molecule has 0 aliphatic rings. The lowest BCUT2D eigenvalue weighted by atomic mass is 10.1. The minimum Gasteiger partial charge on any atom is -0.311 e. The van der Waals surface area contributed by atoms with Crippen molar-refractivity contribution in [1.29, 1.82) is 0 Å². The van der Waals surface area contributed by atoms with E-state index in [4.69, 9.17) is 0 Å². The Labute approximate surface area is 142 Å². The summed E-state index contributed by atoms with van der Waals surface area (Å²) in [5.41, 5.74) is -0.980. The zero-order chi connectivity index (χ0) is 18.2. The maximum atomic E-state index is 13.9. The summed E-state index contributed by atoms with van der Waals surface area (Å²) in [6, 6.07) is 3.62. The number of nitrogens with zero attached hydrogens (tertiary/aromatic N) is 3. The Bertz CT molecular complexity index is 980. The number of aryl methyl sites for hydroxylation is 1. The SMILES string of the molecule is Cc1nc(-c2nnc(Cc3ccc(C(F)(F)F)cc3F)s2)cc(=O)[nH]1. The first-order chi connectivity index (χ1) is 11.7. The summed E-state index contributed by atoms with van der Waals surface area (Å²) in [7, 11) is 0. The molecule has 0 aliphatic carbocycles. The lowest BCUT2D eigenvalue weighted by molar-refractivity contribution is -0.137. The van der Waals surface area contributed by atoms with E-state index in [9.17, 15) is 22.4 Å². The zero-order valence-corrected chi connectivity index (χ0v) is 13.5. The molecule has 0 saturated heterocycles. The standard InChI is InChI=1S/C15H10F4N4OS/c1-7-20-11(6-12(24)21-7)14-23-22-13(25-14)4-8-2-3-9(5-10(8)16)15(17,18)19/h2-3,5-6H,4H2,1H3,(H,20,21,24). The molecule has 3 rings (SSSR count). The highest BCUT2D eigenvalue weighted by atomic mass is 32.1. The Morgan fingerprint density at radius 1 is 1.20 bits per heavy atom. The summed E-state index contributed by atoms with van der Waals surface area (Å²) in [4.78, 5) is 18.1. The number of hydrogen-bond acceptors (Lipinski definition) is 5. The third kappa shape index (κ3) is 3.90. The Morgan fingerprint density at radius 3 is 2.60 bits per heavy atom. The monoisotopic (exact) mass is 370 g/mol. The van der Waals surface area contributed by atoms with Crippen LogP contribution in [0.4, 0.5) is 17.6 Å². The number of alkyl halides is 3. The average Bonchev–Trinajstić information content (AvgIpc) is 2.96. The molecule has 0 unspecified atom stereocenters. The lowest BCUT2D eigenvalue weighted by Crippen LogP contribution is -2.08. The minimum absolute atomic E-state index is 0.0101. The van der Waals surface area contributed by atoms with E-state index in [1.54, 1.807) is 6.92 Å². The number of hydrogen-bond donors (Lipinski definition) is 1. The predicted molar refractivity (Wildman–Crippen MR) is 82.7 cm³/mol. The molecule has 0 amide bonds. The van der Waals surface area contributed by atoms with Crippen LogP contribution in [-0.4, -0.2) is 20.2 Å². The lowest BCUT2D eigenvalue weighted by Gasteiger charge is -2.08. The van der Waals surface area contributed by atoms with Gasteiger partial charge in [0.1, 0.15) is 22.3 Å². The molecule has 2 heterocycles. The second-order valence-electron chi connectivity index (χ2n) is 5.20. The fourth-order valence-corrected chi connectivity index (χ4v) is 2.97. The summed E-state index contributed by atoms with van der Waals surface area (Å²) in [6.45, 7) is 1.62. The quantitative estimate of drug-likeness (QED) is 0.718. The fourth-order valence-electron chi connectivity index (χ4n) is 2.15. The summed E-state index contributed by atoms with van der Waals surface area (Å²) < 4.78 is 51.6. The molecule has 0 atom stereocenters. The van der Waals surface area contributed by atoms with Gasteiger partial charge in [-0.2, -0.15) is 13.2 Å². The molecule has 0 bridgehead atoms. The smallest absolute Gasteiger partial charge is 0.311 e. The first-order valence-corrected chi connectivity index (χ1v) is 7.80. The maximum Gasteiger partial charge on any atom is 0.416 e. The molecule has 0 spiro atoms. The summed E-state index contributed by atoms with van der Waals surface area (Å²) in [5.74, 6) is -0.551. The van der Waals surface area contributed by atoms with Crippen LogP contribution in [0, 0.1) is 12.7 Å². The summed E-state index contributed by atoms with van der Waals surface area (Å²) in [6.07, 6.45) is -4.61. The molecule has 5 nitrogen and oxygen atoms in total. The molecule has 0 aliphatic heterocycles. The van der Waals surface area contributed by atoms with Crippen molar-refractivity contribution in [3.05, 3.63) is 62.4 Å². The van der Waals surface area contributed by atoms with Gasteiger partial charge in [-0.15, -0.1) is 10.2 Å². The van der Waals surface area contributed by atoms with Crippen molar-refractivity contribution < 1.29 is 17.6 Å². The highest BCUT2D eigenvalue weighted by molar-refractivity contribution is 7.14. The molecule has 25 heavy (non-hydrogen) atoms. The van der Waals surface area contributed by atoms with Gasteiger partial charge in [-0.25, -0.2) is 9.37 Å². The van der Waals surface area contributed by atoms with Crippen LogP contribution in [0.15, 0.2) is 29.1 Å². The first kappa shape index (κ1) is 17.2. The fraction of sp³-hybridized carbons (Fsp3) is 0.200. The van der Waals surface area contributed by atoms with E-state index in [0.717, 1.165) is 23.5 Å². The van der Waals surface area contributed by atoms with Crippen LogP contribution in [0.2, 0.25) is 0 Å². The Morgan fingerprint density at radius 2 is 1.96 bits per heavy atom. The number of benzene rings is 1. The van der Waals surface area contributed by atoms with Crippen molar-refractivity contribution in [2.24, 2.45) is 0 Å². The van der Waals surface area contributed by atoms with Crippen molar-refractivity contribution in [3.63, 3.8) is 0 Å². The van der Waals surface area contributed by atoms with Crippen molar-refractivity contribution in [1.82, 2.24) is 20.2 Å². The van der Waals surface area contributed by atoms with E-state index in [1.807, 2.05) is 0 Å². The number of aromatic amines is 1. The Kier molecular flexibility index (Phi) is 4.38. The minimum atomic E-state index is -4.60. The number of H-pyrrole nitrogens is 1. The normalized spacial score (nSPS) is 11.7. The van der Waals surface area contributed by atoms with E-state index in [0.29, 0.717) is 27.6 Å². The van der Waals surface area contributed by atoms with E-state index >= 15 is 0 Å². The highest BCUT2D eigenvalue weighted by Gasteiger charge is 2.31. The molecule has 0 saturated carbocycles. The van der Waals surface area contributed by atoms with Crippen LogP contribution in [0.1, 0.15) is 22.0 Å². The van der Waals surface area contributed by atoms with Crippen molar-refractivity contribution >= 4 is 11.3 Å². The van der Waals surface area contributed by atoms with Crippen LogP contribution in [0.3, 0.4) is 0 Å². The molecule has 1 N–H and O–H groups in total. The molecular formula is C15H10F4N4OS. The van der Waals surface area contributed by atoms with Crippen LogP contribution < -0.4 is 5.56 Å². The average molecular weight is 370 g/mol. The third-order valence-corrected chi connectivity index (χ3v) is 4.21. The molecule has 0 fully saturated rings. The number of rotatable bonds is 3. The van der Waals surface area contributed by atoms with Gasteiger partial charge in [-0.3, -0.25) is 4.79 Å². The van der Waals surface area contributed by atoms with Gasteiger partial charge in [0.25, 0.3) is 5.56 Å². The van der Waals surface area contributed by atoms with Gasteiger partial charge in [-0.1, -0.05) is 17.4 Å². The van der Waals surface area contributed by atoms with Gasteiger partial charge < -0.3 is 4.98 Å². The van der Waals surface area contributed by atoms with Crippen LogP contribution in [-0.2, 0) is 12.6 Å². The van der Waals surface area contributed by atoms with Crippen molar-refractivity contribution in [2.75, 3.05) is 0 Å². The topological polar surface area (TPSA) is 71.5 Å². The maximum absolute atomic E-state index is 13.9. The predicted octanol–water partition coefficient (Wildman–Crippen LogP) is 3.35. The number of nitrogens with one attached hydrogen (secondary N) is 1. The molecule has 0 radical (unpaired) electrons. The van der Waals surface area contributed by atoms with Crippen molar-refractivity contribution in [3.8, 4) is 10.7 Å². The van der Waals surface area contributed by atoms with Gasteiger partial charge in [0.2, 0.25) is 0 Å². The second kappa shape index (κ2) is 6.36. The van der Waals surface area contributed by atoms with E-state index < -0.39 is 17.6 Å². The van der Waals surface area contributed by atoms with E-state index in [2.05, 4.69) is 20.2 Å². The third-order valence-electron chi connectivity index (χ3n) is 3.27. The number of aromatic nitrogens is 4. The first-order valence-electron chi connectivity index (χ1n) is 6.99. The van der Waals surface area contributed by atoms with Gasteiger partial charge >= 0.3 is 6.18 Å². The summed E-state index contributed by atoms with van der Waals surface area (Å²) in [5, 5.41) is 8.56. The largest absolute Gasteiger partial charge is 0.416 e. The van der Waals surface area contributed by atoms with Crippen LogP contribution in [0.5, 0.6) is 0 Å². The molecule has 1 aromatic carbocycles. The molecule has 130 valence electrons. The van der Waals surface area contributed by atoms with Gasteiger partial charge in [0.05, 0.1) is 5.56 Å². The second-order valence-corrected chi connectivity index (χ2v) is 6.26. The zero-order valence-electron chi connectivity index (χ0n) is 12.7. The van der Waals surface area contributed by atoms with Gasteiger partial charge in [0.15, 0.2) is 5.01 Å². The number of halogens is 4. The van der Waals surface area contributed by atoms with Crippen LogP contribution in [0.25, 0.3) is 10.7 Å². The van der Waals surface area contributed by atoms with Crippen molar-refractivity contribution in [2.45, 2.75) is 19.5 Å². The van der Waals surface area contributed by atoms with E-state index in [-0.39, 0.29) is 17.5 Å². The molecule has 2 aromatic heterocycles. The Balaban J connectivity index is 1.85. The molecule has 3 aromatic rings. The highest BCUT2D eigenvalue weighted by Crippen LogP contribution is 2.31. The van der Waals surface area contributed by atoms with E-state index in [1.165, 1.54) is 6.07 Å².